The molecular formula is C15H19ClN4O2. The quantitative estimate of drug-likeness (QED) is 0.842. The van der Waals surface area contributed by atoms with Crippen LogP contribution in [0, 0.1) is 0 Å². The number of hydrogen-bond donors (Lipinski definition) is 1. The van der Waals surface area contributed by atoms with Crippen LogP contribution in [0.2, 0.25) is 5.02 Å². The number of halogens is 1. The highest BCUT2D eigenvalue weighted by atomic mass is 35.5. The summed E-state index contributed by atoms with van der Waals surface area (Å²) in [6.45, 7) is 1.36. The van der Waals surface area contributed by atoms with Crippen LogP contribution in [0.1, 0.15) is 16.9 Å². The maximum absolute atomic E-state index is 12.4. The summed E-state index contributed by atoms with van der Waals surface area (Å²) in [5, 5.41) is 7.65. The fourth-order valence-corrected chi connectivity index (χ4v) is 2.35. The molecule has 0 saturated carbocycles. The molecule has 1 amide bonds. The molecule has 1 N–H and O–H groups in total. The predicted molar refractivity (Wildman–Crippen MR) is 87.5 cm³/mol. The lowest BCUT2D eigenvalue weighted by Crippen LogP contribution is -2.33. The van der Waals surface area contributed by atoms with Gasteiger partial charge in [-0.25, -0.2) is 0 Å². The van der Waals surface area contributed by atoms with Gasteiger partial charge in [0.05, 0.1) is 10.9 Å². The van der Waals surface area contributed by atoms with E-state index in [9.17, 15) is 9.59 Å². The van der Waals surface area contributed by atoms with Gasteiger partial charge in [-0.15, -0.1) is 0 Å². The first-order chi connectivity index (χ1) is 10.4. The van der Waals surface area contributed by atoms with Gasteiger partial charge in [-0.05, 0) is 45.3 Å². The third-order valence-corrected chi connectivity index (χ3v) is 3.53. The molecule has 22 heavy (non-hydrogen) atoms. The summed E-state index contributed by atoms with van der Waals surface area (Å²) in [7, 11) is 5.62. The van der Waals surface area contributed by atoms with Crippen molar-refractivity contribution < 1.29 is 4.79 Å². The average Bonchev–Trinajstić information content (AvgIpc) is 2.46. The van der Waals surface area contributed by atoms with Crippen LogP contribution in [0.5, 0.6) is 0 Å². The van der Waals surface area contributed by atoms with Crippen molar-refractivity contribution in [3.63, 3.8) is 0 Å². The van der Waals surface area contributed by atoms with Gasteiger partial charge >= 0.3 is 0 Å². The highest BCUT2D eigenvalue weighted by Gasteiger charge is 2.16. The molecule has 0 fully saturated rings. The Balaban J connectivity index is 2.26. The average molecular weight is 323 g/mol. The van der Waals surface area contributed by atoms with Gasteiger partial charge in [-0.3, -0.25) is 14.3 Å². The van der Waals surface area contributed by atoms with Crippen molar-refractivity contribution in [2.45, 2.75) is 6.42 Å². The molecule has 6 nitrogen and oxygen atoms in total. The minimum absolute atomic E-state index is 0.109. The molecular weight excluding hydrogens is 304 g/mol. The molecule has 0 bridgehead atoms. The fraction of sp³-hybridized carbons (Fsp3) is 0.400. The standard InChI is InChI=1S/C15H19ClN4O2/c1-19(2)8-4-7-17-15(22)13-14(21)11-9-10(16)5-6-12(11)20(3)18-13/h5-6,9H,4,7-8H2,1-3H3,(H,17,22). The number of nitrogens with one attached hydrogen (secondary N) is 1. The van der Waals surface area contributed by atoms with Crippen LogP contribution >= 0.6 is 11.6 Å². The number of aryl methyl sites for hydroxylation is 1. The summed E-state index contributed by atoms with van der Waals surface area (Å²) in [5.41, 5.74) is 0.126. The van der Waals surface area contributed by atoms with Crippen LogP contribution in [0.15, 0.2) is 23.0 Å². The lowest BCUT2D eigenvalue weighted by Gasteiger charge is -2.10. The normalized spacial score (nSPS) is 11.1. The molecule has 0 atom stereocenters. The Bertz CT molecular complexity index is 755. The summed E-state index contributed by atoms with van der Waals surface area (Å²) in [4.78, 5) is 26.6. The molecule has 1 heterocycles. The maximum Gasteiger partial charge on any atom is 0.275 e. The Hall–Kier alpha value is -1.92. The van der Waals surface area contributed by atoms with Crippen LogP contribution in [-0.4, -0.2) is 47.8 Å². The van der Waals surface area contributed by atoms with E-state index < -0.39 is 11.3 Å². The zero-order valence-corrected chi connectivity index (χ0v) is 13.6. The summed E-state index contributed by atoms with van der Waals surface area (Å²) in [6, 6.07) is 4.96. The van der Waals surface area contributed by atoms with E-state index in [1.807, 2.05) is 19.0 Å². The third kappa shape index (κ3) is 3.64. The molecule has 0 aliphatic heterocycles. The second-order valence-corrected chi connectivity index (χ2v) is 5.81. The zero-order valence-electron chi connectivity index (χ0n) is 12.9. The summed E-state index contributed by atoms with van der Waals surface area (Å²) in [6.07, 6.45) is 0.804. The van der Waals surface area contributed by atoms with Gasteiger partial charge in [0, 0.05) is 18.6 Å². The summed E-state index contributed by atoms with van der Waals surface area (Å²) >= 11 is 5.93. The van der Waals surface area contributed by atoms with E-state index in [1.54, 1.807) is 25.2 Å². The van der Waals surface area contributed by atoms with Crippen molar-refractivity contribution in [2.75, 3.05) is 27.2 Å². The number of rotatable bonds is 5. The van der Waals surface area contributed by atoms with E-state index in [4.69, 9.17) is 11.6 Å². The zero-order chi connectivity index (χ0) is 16.3. The first-order valence-electron chi connectivity index (χ1n) is 6.99. The van der Waals surface area contributed by atoms with Crippen molar-refractivity contribution in [3.05, 3.63) is 39.1 Å². The van der Waals surface area contributed by atoms with Crippen molar-refractivity contribution >= 4 is 28.4 Å². The molecule has 2 rings (SSSR count). The number of carbonyl (C=O) groups excluding carboxylic acids is 1. The Morgan fingerprint density at radius 3 is 2.82 bits per heavy atom. The number of carbonyl (C=O) groups is 1. The molecule has 0 radical (unpaired) electrons. The lowest BCUT2D eigenvalue weighted by atomic mass is 10.2. The molecule has 0 aliphatic rings. The Morgan fingerprint density at radius 1 is 1.41 bits per heavy atom. The van der Waals surface area contributed by atoms with Gasteiger partial charge in [0.15, 0.2) is 5.69 Å². The first-order valence-corrected chi connectivity index (χ1v) is 7.37. The van der Waals surface area contributed by atoms with Gasteiger partial charge in [-0.2, -0.15) is 5.10 Å². The molecule has 1 aromatic heterocycles. The van der Waals surface area contributed by atoms with Gasteiger partial charge in [0.1, 0.15) is 0 Å². The van der Waals surface area contributed by atoms with Crippen molar-refractivity contribution in [3.8, 4) is 0 Å². The Kier molecular flexibility index (Phi) is 5.15. The number of fused-ring (bicyclic) bond motifs is 1. The monoisotopic (exact) mass is 322 g/mol. The largest absolute Gasteiger partial charge is 0.350 e. The van der Waals surface area contributed by atoms with Crippen molar-refractivity contribution in [1.82, 2.24) is 20.0 Å². The lowest BCUT2D eigenvalue weighted by molar-refractivity contribution is 0.0944. The molecule has 0 saturated heterocycles. The number of benzene rings is 1. The number of aromatic nitrogens is 2. The molecule has 118 valence electrons. The summed E-state index contributed by atoms with van der Waals surface area (Å²) in [5.74, 6) is -0.457. The maximum atomic E-state index is 12.4. The van der Waals surface area contributed by atoms with E-state index in [2.05, 4.69) is 10.4 Å². The molecule has 1 aromatic carbocycles. The minimum atomic E-state index is -0.457. The van der Waals surface area contributed by atoms with Crippen LogP contribution < -0.4 is 10.7 Å². The van der Waals surface area contributed by atoms with E-state index in [0.29, 0.717) is 22.5 Å². The molecule has 7 heteroatoms. The van der Waals surface area contributed by atoms with Gasteiger partial charge in [-0.1, -0.05) is 11.6 Å². The van der Waals surface area contributed by atoms with Gasteiger partial charge in [0.2, 0.25) is 5.43 Å². The van der Waals surface area contributed by atoms with Gasteiger partial charge in [0.25, 0.3) is 5.91 Å². The number of hydrogen-bond acceptors (Lipinski definition) is 4. The molecule has 0 aliphatic carbocycles. The van der Waals surface area contributed by atoms with E-state index in [0.717, 1.165) is 13.0 Å². The third-order valence-electron chi connectivity index (χ3n) is 3.30. The minimum Gasteiger partial charge on any atom is -0.350 e. The second kappa shape index (κ2) is 6.89. The summed E-state index contributed by atoms with van der Waals surface area (Å²) < 4.78 is 1.52. The molecule has 0 spiro atoms. The fourth-order valence-electron chi connectivity index (χ4n) is 2.18. The highest BCUT2D eigenvalue weighted by Crippen LogP contribution is 2.15. The smallest absolute Gasteiger partial charge is 0.275 e. The van der Waals surface area contributed by atoms with Crippen LogP contribution in [-0.2, 0) is 7.05 Å². The van der Waals surface area contributed by atoms with E-state index >= 15 is 0 Å². The number of nitrogens with zero attached hydrogens (tertiary/aromatic N) is 3. The van der Waals surface area contributed by atoms with Crippen LogP contribution in [0.3, 0.4) is 0 Å². The van der Waals surface area contributed by atoms with Crippen LogP contribution in [0.4, 0.5) is 0 Å². The molecule has 0 unspecified atom stereocenters. The van der Waals surface area contributed by atoms with E-state index in [-0.39, 0.29) is 5.69 Å². The Labute approximate surface area is 133 Å². The topological polar surface area (TPSA) is 67.2 Å². The number of amides is 1. The second-order valence-electron chi connectivity index (χ2n) is 5.38. The van der Waals surface area contributed by atoms with Crippen molar-refractivity contribution in [1.29, 1.82) is 0 Å². The SMILES string of the molecule is CN(C)CCCNC(=O)c1nn(C)c2ccc(Cl)cc2c1=O. The van der Waals surface area contributed by atoms with Crippen molar-refractivity contribution in [2.24, 2.45) is 7.05 Å². The van der Waals surface area contributed by atoms with E-state index in [1.165, 1.54) is 4.68 Å². The Morgan fingerprint density at radius 2 is 2.14 bits per heavy atom. The van der Waals surface area contributed by atoms with Gasteiger partial charge < -0.3 is 10.2 Å². The molecule has 2 aromatic rings. The first kappa shape index (κ1) is 16.5. The predicted octanol–water partition coefficient (Wildman–Crippen LogP) is 1.27. The highest BCUT2D eigenvalue weighted by molar-refractivity contribution is 6.31. The van der Waals surface area contributed by atoms with Crippen LogP contribution in [0.25, 0.3) is 10.9 Å².